The molecule has 2 N–H and O–H groups in total. The summed E-state index contributed by atoms with van der Waals surface area (Å²) >= 11 is 1.84. The van der Waals surface area contributed by atoms with E-state index in [0.29, 0.717) is 17.6 Å². The summed E-state index contributed by atoms with van der Waals surface area (Å²) in [6, 6.07) is -0.454. The number of ether oxygens (including phenoxy) is 1. The number of thioether (sulfide) groups is 1. The summed E-state index contributed by atoms with van der Waals surface area (Å²) in [5.74, 6) is 1.30. The second-order valence-corrected chi connectivity index (χ2v) is 5.91. The summed E-state index contributed by atoms with van der Waals surface area (Å²) < 4.78 is 4.88. The number of rotatable bonds is 5. The van der Waals surface area contributed by atoms with Crippen LogP contribution >= 0.6 is 11.8 Å². The molecule has 0 saturated heterocycles. The van der Waals surface area contributed by atoms with E-state index in [0.717, 1.165) is 5.92 Å². The minimum Gasteiger partial charge on any atom is -0.465 e. The fraction of sp³-hybridized carbons (Fsp3) is 0.917. The summed E-state index contributed by atoms with van der Waals surface area (Å²) in [5.41, 5.74) is 5.75. The molecule has 1 atom stereocenters. The van der Waals surface area contributed by atoms with E-state index in [1.807, 2.05) is 11.8 Å². The van der Waals surface area contributed by atoms with Crippen molar-refractivity contribution in [2.45, 2.75) is 50.8 Å². The Hall–Kier alpha value is -0.220. The molecule has 3 nitrogen and oxygen atoms in total. The van der Waals surface area contributed by atoms with E-state index in [2.05, 4.69) is 6.92 Å². The molecule has 0 spiro atoms. The number of carbonyl (C=O) groups is 1. The van der Waals surface area contributed by atoms with Crippen LogP contribution in [-0.4, -0.2) is 29.6 Å². The van der Waals surface area contributed by atoms with Crippen molar-refractivity contribution in [1.82, 2.24) is 0 Å². The average Bonchev–Trinajstić information content (AvgIpc) is 2.28. The highest BCUT2D eigenvalue weighted by Gasteiger charge is 2.21. The molecule has 0 radical (unpaired) electrons. The maximum absolute atomic E-state index is 11.3. The highest BCUT2D eigenvalue weighted by molar-refractivity contribution is 7.99. The molecule has 0 amide bonds. The van der Waals surface area contributed by atoms with Crippen molar-refractivity contribution in [3.8, 4) is 0 Å². The third-order valence-electron chi connectivity index (χ3n) is 3.06. The normalized spacial score (nSPS) is 27.4. The molecular weight excluding hydrogens is 222 g/mol. The fourth-order valence-electron chi connectivity index (χ4n) is 1.95. The van der Waals surface area contributed by atoms with Crippen molar-refractivity contribution >= 4 is 17.7 Å². The standard InChI is InChI=1S/C12H23NO2S/c1-3-15-12(14)11(13)8-16-10-6-4-9(2)5-7-10/h9-11H,3-8,13H2,1-2H3. The minimum atomic E-state index is -0.454. The second kappa shape index (κ2) is 7.17. The first-order valence-corrected chi connectivity index (χ1v) is 7.22. The van der Waals surface area contributed by atoms with E-state index < -0.39 is 6.04 Å². The Balaban J connectivity index is 2.16. The van der Waals surface area contributed by atoms with Crippen molar-refractivity contribution in [2.24, 2.45) is 11.7 Å². The lowest BCUT2D eigenvalue weighted by molar-refractivity contribution is -0.144. The van der Waals surface area contributed by atoms with E-state index >= 15 is 0 Å². The molecule has 0 aliphatic heterocycles. The number of carbonyl (C=O) groups excluding carboxylic acids is 1. The minimum absolute atomic E-state index is 0.265. The summed E-state index contributed by atoms with van der Waals surface area (Å²) in [7, 11) is 0. The van der Waals surface area contributed by atoms with Crippen LogP contribution in [0, 0.1) is 5.92 Å². The molecule has 94 valence electrons. The van der Waals surface area contributed by atoms with Gasteiger partial charge in [0.15, 0.2) is 0 Å². The Morgan fingerprint density at radius 1 is 1.44 bits per heavy atom. The Labute approximate surface area is 102 Å². The molecule has 0 bridgehead atoms. The van der Waals surface area contributed by atoms with Gasteiger partial charge in [-0.05, 0) is 38.5 Å². The zero-order valence-corrected chi connectivity index (χ0v) is 11.1. The Morgan fingerprint density at radius 2 is 2.06 bits per heavy atom. The molecule has 1 fully saturated rings. The van der Waals surface area contributed by atoms with Crippen LogP contribution in [-0.2, 0) is 9.53 Å². The molecule has 1 saturated carbocycles. The van der Waals surface area contributed by atoms with Gasteiger partial charge in [0.25, 0.3) is 0 Å². The van der Waals surface area contributed by atoms with Crippen LogP contribution in [0.4, 0.5) is 0 Å². The molecule has 0 heterocycles. The van der Waals surface area contributed by atoms with E-state index in [9.17, 15) is 4.79 Å². The Morgan fingerprint density at radius 3 is 2.62 bits per heavy atom. The van der Waals surface area contributed by atoms with Gasteiger partial charge in [-0.25, -0.2) is 0 Å². The monoisotopic (exact) mass is 245 g/mol. The smallest absolute Gasteiger partial charge is 0.323 e. The van der Waals surface area contributed by atoms with Crippen LogP contribution in [0.15, 0.2) is 0 Å². The molecule has 16 heavy (non-hydrogen) atoms. The summed E-state index contributed by atoms with van der Waals surface area (Å²) in [6.45, 7) is 4.53. The van der Waals surface area contributed by atoms with Crippen molar-refractivity contribution in [3.63, 3.8) is 0 Å². The van der Waals surface area contributed by atoms with Crippen LogP contribution in [0.1, 0.15) is 39.5 Å². The average molecular weight is 245 g/mol. The van der Waals surface area contributed by atoms with Crippen LogP contribution in [0.5, 0.6) is 0 Å². The van der Waals surface area contributed by atoms with Gasteiger partial charge in [-0.15, -0.1) is 0 Å². The van der Waals surface area contributed by atoms with Crippen LogP contribution < -0.4 is 5.73 Å². The molecule has 0 aromatic carbocycles. The Bertz CT molecular complexity index is 215. The molecule has 1 aliphatic carbocycles. The second-order valence-electron chi connectivity index (χ2n) is 4.57. The summed E-state index contributed by atoms with van der Waals surface area (Å²) in [5, 5.41) is 0.691. The third-order valence-corrected chi connectivity index (χ3v) is 4.56. The van der Waals surface area contributed by atoms with Gasteiger partial charge in [0.1, 0.15) is 6.04 Å². The van der Waals surface area contributed by atoms with Gasteiger partial charge in [0.2, 0.25) is 0 Å². The fourth-order valence-corrected chi connectivity index (χ4v) is 3.17. The zero-order valence-electron chi connectivity index (χ0n) is 10.3. The van der Waals surface area contributed by atoms with Crippen molar-refractivity contribution in [2.75, 3.05) is 12.4 Å². The lowest BCUT2D eigenvalue weighted by atomic mass is 9.91. The molecular formula is C12H23NO2S. The van der Waals surface area contributed by atoms with E-state index in [1.54, 1.807) is 6.92 Å². The topological polar surface area (TPSA) is 52.3 Å². The van der Waals surface area contributed by atoms with Gasteiger partial charge in [-0.2, -0.15) is 11.8 Å². The van der Waals surface area contributed by atoms with Gasteiger partial charge in [-0.1, -0.05) is 6.92 Å². The quantitative estimate of drug-likeness (QED) is 0.754. The number of hydrogen-bond donors (Lipinski definition) is 1. The van der Waals surface area contributed by atoms with E-state index in [-0.39, 0.29) is 5.97 Å². The summed E-state index contributed by atoms with van der Waals surface area (Å²) in [4.78, 5) is 11.3. The lowest BCUT2D eigenvalue weighted by Gasteiger charge is -2.26. The highest BCUT2D eigenvalue weighted by Crippen LogP contribution is 2.31. The van der Waals surface area contributed by atoms with Crippen molar-refractivity contribution in [3.05, 3.63) is 0 Å². The number of nitrogens with two attached hydrogens (primary N) is 1. The first-order chi connectivity index (χ1) is 7.63. The molecule has 0 aromatic rings. The van der Waals surface area contributed by atoms with Gasteiger partial charge in [0, 0.05) is 11.0 Å². The maximum atomic E-state index is 11.3. The van der Waals surface area contributed by atoms with Crippen LogP contribution in [0.2, 0.25) is 0 Å². The first kappa shape index (κ1) is 13.8. The van der Waals surface area contributed by atoms with Crippen LogP contribution in [0.3, 0.4) is 0 Å². The van der Waals surface area contributed by atoms with E-state index in [4.69, 9.17) is 10.5 Å². The SMILES string of the molecule is CCOC(=O)C(N)CSC1CCC(C)CC1. The largest absolute Gasteiger partial charge is 0.465 e. The number of hydrogen-bond acceptors (Lipinski definition) is 4. The predicted octanol–water partition coefficient (Wildman–Crippen LogP) is 2.19. The van der Waals surface area contributed by atoms with Gasteiger partial charge >= 0.3 is 5.97 Å². The Kier molecular flexibility index (Phi) is 6.21. The third kappa shape index (κ3) is 4.74. The maximum Gasteiger partial charge on any atom is 0.323 e. The van der Waals surface area contributed by atoms with Gasteiger partial charge in [0.05, 0.1) is 6.61 Å². The molecule has 1 rings (SSSR count). The van der Waals surface area contributed by atoms with Crippen LogP contribution in [0.25, 0.3) is 0 Å². The lowest BCUT2D eigenvalue weighted by Crippen LogP contribution is -2.35. The molecule has 1 aliphatic rings. The highest BCUT2D eigenvalue weighted by atomic mass is 32.2. The molecule has 0 aromatic heterocycles. The number of esters is 1. The molecule has 1 unspecified atom stereocenters. The first-order valence-electron chi connectivity index (χ1n) is 6.17. The van der Waals surface area contributed by atoms with Gasteiger partial charge in [-0.3, -0.25) is 4.79 Å². The zero-order chi connectivity index (χ0) is 12.0. The van der Waals surface area contributed by atoms with Crippen molar-refractivity contribution < 1.29 is 9.53 Å². The van der Waals surface area contributed by atoms with Gasteiger partial charge < -0.3 is 10.5 Å². The summed E-state index contributed by atoms with van der Waals surface area (Å²) in [6.07, 6.45) is 5.15. The molecule has 4 heteroatoms. The van der Waals surface area contributed by atoms with Crippen molar-refractivity contribution in [1.29, 1.82) is 0 Å². The predicted molar refractivity (Wildman–Crippen MR) is 68.5 cm³/mol. The van der Waals surface area contributed by atoms with E-state index in [1.165, 1.54) is 25.7 Å².